The zero-order valence-corrected chi connectivity index (χ0v) is 11.5. The highest BCUT2D eigenvalue weighted by Gasteiger charge is 2.20. The SMILES string of the molecule is COC(=O)[C@H](CN)NC(=O)c1ccc(-n2cccn2)cc1. The van der Waals surface area contributed by atoms with E-state index in [0.29, 0.717) is 5.56 Å². The molecule has 0 spiro atoms. The van der Waals surface area contributed by atoms with Crippen molar-refractivity contribution in [2.75, 3.05) is 13.7 Å². The van der Waals surface area contributed by atoms with Crippen molar-refractivity contribution in [2.24, 2.45) is 5.73 Å². The van der Waals surface area contributed by atoms with Crippen LogP contribution >= 0.6 is 0 Å². The van der Waals surface area contributed by atoms with Crippen LogP contribution < -0.4 is 11.1 Å². The number of methoxy groups -OCH3 is 1. The molecule has 2 aromatic rings. The molecular formula is C14H16N4O3. The van der Waals surface area contributed by atoms with Crippen LogP contribution in [-0.4, -0.2) is 41.4 Å². The fraction of sp³-hybridized carbons (Fsp3) is 0.214. The summed E-state index contributed by atoms with van der Waals surface area (Å²) in [7, 11) is 1.25. The smallest absolute Gasteiger partial charge is 0.329 e. The van der Waals surface area contributed by atoms with Crippen molar-refractivity contribution >= 4 is 11.9 Å². The molecule has 0 aliphatic heterocycles. The Balaban J connectivity index is 2.08. The summed E-state index contributed by atoms with van der Waals surface area (Å²) in [6.45, 7) is -0.0240. The van der Waals surface area contributed by atoms with Crippen LogP contribution in [-0.2, 0) is 9.53 Å². The van der Waals surface area contributed by atoms with Crippen LogP contribution in [0.15, 0.2) is 42.7 Å². The number of carbonyl (C=O) groups is 2. The molecule has 0 saturated heterocycles. The number of hydrogen-bond acceptors (Lipinski definition) is 5. The van der Waals surface area contributed by atoms with E-state index < -0.39 is 12.0 Å². The summed E-state index contributed by atoms with van der Waals surface area (Å²) in [4.78, 5) is 23.4. The molecule has 0 aliphatic rings. The third-order valence-electron chi connectivity index (χ3n) is 2.93. The number of nitrogens with two attached hydrogens (primary N) is 1. The van der Waals surface area contributed by atoms with Crippen molar-refractivity contribution in [1.82, 2.24) is 15.1 Å². The lowest BCUT2D eigenvalue weighted by Crippen LogP contribution is -2.46. The molecule has 7 heteroatoms. The molecule has 2 rings (SSSR count). The highest BCUT2D eigenvalue weighted by atomic mass is 16.5. The molecule has 0 unspecified atom stereocenters. The Morgan fingerprint density at radius 2 is 2.10 bits per heavy atom. The molecule has 0 bridgehead atoms. The Morgan fingerprint density at radius 1 is 1.38 bits per heavy atom. The number of benzene rings is 1. The van der Waals surface area contributed by atoms with Crippen molar-refractivity contribution in [2.45, 2.75) is 6.04 Å². The zero-order valence-electron chi connectivity index (χ0n) is 11.5. The quantitative estimate of drug-likeness (QED) is 0.760. The van der Waals surface area contributed by atoms with Gasteiger partial charge in [-0.05, 0) is 30.3 Å². The Hall–Kier alpha value is -2.67. The van der Waals surface area contributed by atoms with Crippen LogP contribution in [0.3, 0.4) is 0 Å². The first-order valence-corrected chi connectivity index (χ1v) is 6.34. The number of ether oxygens (including phenoxy) is 1. The Kier molecular flexibility index (Phi) is 4.68. The van der Waals surface area contributed by atoms with E-state index >= 15 is 0 Å². The van der Waals surface area contributed by atoms with E-state index in [9.17, 15) is 9.59 Å². The van der Waals surface area contributed by atoms with Gasteiger partial charge < -0.3 is 15.8 Å². The molecule has 1 heterocycles. The number of rotatable bonds is 5. The van der Waals surface area contributed by atoms with Gasteiger partial charge in [-0.3, -0.25) is 4.79 Å². The lowest BCUT2D eigenvalue weighted by Gasteiger charge is -2.14. The minimum atomic E-state index is -0.853. The molecule has 7 nitrogen and oxygen atoms in total. The predicted octanol–water partition coefficient (Wildman–Crippen LogP) is 0.102. The monoisotopic (exact) mass is 288 g/mol. The minimum absolute atomic E-state index is 0.0240. The van der Waals surface area contributed by atoms with Gasteiger partial charge in [0.15, 0.2) is 0 Å². The maximum atomic E-state index is 12.0. The van der Waals surface area contributed by atoms with Crippen LogP contribution in [0.1, 0.15) is 10.4 Å². The highest BCUT2D eigenvalue weighted by Crippen LogP contribution is 2.08. The predicted molar refractivity (Wildman–Crippen MR) is 75.9 cm³/mol. The molecule has 0 radical (unpaired) electrons. The zero-order chi connectivity index (χ0) is 15.2. The van der Waals surface area contributed by atoms with Crippen LogP contribution in [0.25, 0.3) is 5.69 Å². The maximum absolute atomic E-state index is 12.0. The van der Waals surface area contributed by atoms with Gasteiger partial charge in [-0.2, -0.15) is 5.10 Å². The first-order valence-electron chi connectivity index (χ1n) is 6.34. The normalized spacial score (nSPS) is 11.7. The van der Waals surface area contributed by atoms with E-state index in [1.54, 1.807) is 41.3 Å². The number of aromatic nitrogens is 2. The Bertz CT molecular complexity index is 608. The lowest BCUT2D eigenvalue weighted by molar-refractivity contribution is -0.142. The second kappa shape index (κ2) is 6.67. The third kappa shape index (κ3) is 3.46. The van der Waals surface area contributed by atoms with Crippen LogP contribution in [0.2, 0.25) is 0 Å². The molecule has 21 heavy (non-hydrogen) atoms. The third-order valence-corrected chi connectivity index (χ3v) is 2.93. The van der Waals surface area contributed by atoms with Crippen molar-refractivity contribution in [3.05, 3.63) is 48.3 Å². The van der Waals surface area contributed by atoms with E-state index in [0.717, 1.165) is 5.69 Å². The Labute approximate surface area is 121 Å². The van der Waals surface area contributed by atoms with Crippen LogP contribution in [0.5, 0.6) is 0 Å². The molecule has 1 amide bonds. The highest BCUT2D eigenvalue weighted by molar-refractivity contribution is 5.97. The molecule has 3 N–H and O–H groups in total. The summed E-state index contributed by atoms with van der Waals surface area (Å²) in [5, 5.41) is 6.62. The first-order chi connectivity index (χ1) is 10.2. The number of esters is 1. The maximum Gasteiger partial charge on any atom is 0.329 e. The largest absolute Gasteiger partial charge is 0.467 e. The van der Waals surface area contributed by atoms with E-state index in [4.69, 9.17) is 5.73 Å². The molecular weight excluding hydrogens is 272 g/mol. The van der Waals surface area contributed by atoms with Crippen molar-refractivity contribution in [3.63, 3.8) is 0 Å². The Morgan fingerprint density at radius 3 is 2.62 bits per heavy atom. The molecule has 1 aromatic carbocycles. The van der Waals surface area contributed by atoms with E-state index in [2.05, 4.69) is 15.2 Å². The van der Waals surface area contributed by atoms with Gasteiger partial charge in [-0.25, -0.2) is 9.48 Å². The molecule has 1 aromatic heterocycles. The summed E-state index contributed by atoms with van der Waals surface area (Å²) in [5.74, 6) is -0.957. The van der Waals surface area contributed by atoms with Gasteiger partial charge in [-0.1, -0.05) is 0 Å². The summed E-state index contributed by atoms with van der Waals surface area (Å²) in [6.07, 6.45) is 3.47. The topological polar surface area (TPSA) is 99.2 Å². The molecule has 0 fully saturated rings. The summed E-state index contributed by atoms with van der Waals surface area (Å²) < 4.78 is 6.24. The minimum Gasteiger partial charge on any atom is -0.467 e. The van der Waals surface area contributed by atoms with E-state index in [-0.39, 0.29) is 12.5 Å². The van der Waals surface area contributed by atoms with Gasteiger partial charge in [-0.15, -0.1) is 0 Å². The van der Waals surface area contributed by atoms with Gasteiger partial charge in [0.05, 0.1) is 12.8 Å². The van der Waals surface area contributed by atoms with E-state index in [1.807, 2.05) is 6.07 Å². The van der Waals surface area contributed by atoms with E-state index in [1.165, 1.54) is 7.11 Å². The molecule has 1 atom stereocenters. The number of nitrogens with one attached hydrogen (secondary N) is 1. The average Bonchev–Trinajstić information content (AvgIpc) is 3.06. The van der Waals surface area contributed by atoms with Gasteiger partial charge in [0.25, 0.3) is 5.91 Å². The standard InChI is InChI=1S/C14H16N4O3/c1-21-14(20)12(9-15)17-13(19)10-3-5-11(6-4-10)18-8-2-7-16-18/h2-8,12H,9,15H2,1H3,(H,17,19)/t12-/m0/s1. The van der Waals surface area contributed by atoms with Crippen molar-refractivity contribution < 1.29 is 14.3 Å². The molecule has 110 valence electrons. The number of carbonyl (C=O) groups excluding carboxylic acids is 2. The van der Waals surface area contributed by atoms with Crippen molar-refractivity contribution in [3.8, 4) is 5.69 Å². The average molecular weight is 288 g/mol. The second-order valence-corrected chi connectivity index (χ2v) is 4.28. The summed E-state index contributed by atoms with van der Waals surface area (Å²) in [6, 6.07) is 7.78. The van der Waals surface area contributed by atoms with Gasteiger partial charge in [0, 0.05) is 24.5 Å². The van der Waals surface area contributed by atoms with Crippen LogP contribution in [0.4, 0.5) is 0 Å². The van der Waals surface area contributed by atoms with Crippen molar-refractivity contribution in [1.29, 1.82) is 0 Å². The molecule has 0 aliphatic carbocycles. The second-order valence-electron chi connectivity index (χ2n) is 4.28. The van der Waals surface area contributed by atoms with Gasteiger partial charge >= 0.3 is 5.97 Å². The fourth-order valence-corrected chi connectivity index (χ4v) is 1.79. The van der Waals surface area contributed by atoms with Crippen LogP contribution in [0, 0.1) is 0 Å². The number of amides is 1. The number of nitrogens with zero attached hydrogens (tertiary/aromatic N) is 2. The fourth-order valence-electron chi connectivity index (χ4n) is 1.79. The number of hydrogen-bond donors (Lipinski definition) is 2. The summed E-state index contributed by atoms with van der Waals surface area (Å²) >= 11 is 0. The lowest BCUT2D eigenvalue weighted by atomic mass is 10.1. The van der Waals surface area contributed by atoms with Gasteiger partial charge in [0.1, 0.15) is 6.04 Å². The summed E-state index contributed by atoms with van der Waals surface area (Å²) in [5.41, 5.74) is 6.69. The van der Waals surface area contributed by atoms with Gasteiger partial charge in [0.2, 0.25) is 0 Å². The molecule has 0 saturated carbocycles. The first kappa shape index (κ1) is 14.7.